The fourth-order valence-corrected chi connectivity index (χ4v) is 4.11. The Kier molecular flexibility index (Phi) is 5.43. The van der Waals surface area contributed by atoms with Gasteiger partial charge in [-0.25, -0.2) is 13.2 Å². The number of hydrogen-bond acceptors (Lipinski definition) is 6. The lowest BCUT2D eigenvalue weighted by Gasteiger charge is -2.14. The normalized spacial score (nSPS) is 11.0. The Labute approximate surface area is 152 Å². The molecule has 134 valence electrons. The van der Waals surface area contributed by atoms with E-state index >= 15 is 0 Å². The number of aromatic hydroxyl groups is 1. The predicted octanol–water partition coefficient (Wildman–Crippen LogP) is 2.67. The Bertz CT molecular complexity index is 928. The lowest BCUT2D eigenvalue weighted by molar-refractivity contribution is 0.0694. The molecule has 0 radical (unpaired) electrons. The van der Waals surface area contributed by atoms with Crippen LogP contribution in [-0.2, 0) is 10.0 Å². The molecule has 2 rings (SSSR count). The molecule has 0 bridgehead atoms. The van der Waals surface area contributed by atoms with Crippen molar-refractivity contribution in [3.05, 3.63) is 40.4 Å². The van der Waals surface area contributed by atoms with E-state index < -0.39 is 21.7 Å². The molecule has 8 nitrogen and oxygen atoms in total. The number of benzene rings is 2. The van der Waals surface area contributed by atoms with Crippen molar-refractivity contribution in [1.29, 1.82) is 0 Å². The summed E-state index contributed by atoms with van der Waals surface area (Å²) in [6.07, 6.45) is 0. The van der Waals surface area contributed by atoms with Crippen LogP contribution in [0.15, 0.2) is 39.7 Å². The minimum Gasteiger partial charge on any atom is -0.507 e. The lowest BCUT2D eigenvalue weighted by Crippen LogP contribution is -2.14. The molecule has 0 amide bonds. The Morgan fingerprint density at radius 2 is 1.72 bits per heavy atom. The summed E-state index contributed by atoms with van der Waals surface area (Å²) < 4.78 is 37.9. The molecular weight excluding hydrogens is 418 g/mol. The van der Waals surface area contributed by atoms with Gasteiger partial charge in [-0.1, -0.05) is 0 Å². The van der Waals surface area contributed by atoms with Crippen LogP contribution in [0, 0.1) is 0 Å². The summed E-state index contributed by atoms with van der Waals surface area (Å²) in [6, 6.07) is 6.05. The fraction of sp³-hybridized carbons (Fsp3) is 0.133. The molecule has 0 fully saturated rings. The van der Waals surface area contributed by atoms with E-state index in [0.29, 0.717) is 5.75 Å². The predicted molar refractivity (Wildman–Crippen MR) is 93.1 cm³/mol. The average Bonchev–Trinajstić information content (AvgIpc) is 2.53. The number of anilines is 1. The Balaban J connectivity index is 2.43. The second-order valence-electron chi connectivity index (χ2n) is 4.78. The van der Waals surface area contributed by atoms with E-state index in [0.717, 1.165) is 12.1 Å². The van der Waals surface area contributed by atoms with E-state index in [-0.39, 0.29) is 26.4 Å². The van der Waals surface area contributed by atoms with Gasteiger partial charge in [0.05, 0.1) is 19.9 Å². The second kappa shape index (κ2) is 7.19. The van der Waals surface area contributed by atoms with Crippen LogP contribution < -0.4 is 14.2 Å². The lowest BCUT2D eigenvalue weighted by atomic mass is 10.2. The van der Waals surface area contributed by atoms with Gasteiger partial charge >= 0.3 is 5.97 Å². The Hall–Kier alpha value is -2.46. The highest BCUT2D eigenvalue weighted by Gasteiger charge is 2.22. The molecule has 2 aromatic rings. The first kappa shape index (κ1) is 18.9. The first-order valence-electron chi connectivity index (χ1n) is 6.70. The van der Waals surface area contributed by atoms with E-state index in [4.69, 9.17) is 14.6 Å². The monoisotopic (exact) mass is 431 g/mol. The number of carbonyl (C=O) groups is 1. The zero-order chi connectivity index (χ0) is 18.8. The van der Waals surface area contributed by atoms with Crippen LogP contribution in [0.1, 0.15) is 10.4 Å². The first-order chi connectivity index (χ1) is 11.7. The highest BCUT2D eigenvalue weighted by atomic mass is 79.9. The van der Waals surface area contributed by atoms with Crippen LogP contribution in [0.3, 0.4) is 0 Å². The molecule has 0 unspecified atom stereocenters. The molecule has 0 atom stereocenters. The van der Waals surface area contributed by atoms with Crippen LogP contribution in [0.2, 0.25) is 0 Å². The molecule has 0 aliphatic heterocycles. The summed E-state index contributed by atoms with van der Waals surface area (Å²) in [5.74, 6) is -1.32. The summed E-state index contributed by atoms with van der Waals surface area (Å²) in [6.45, 7) is 0. The number of hydrogen-bond donors (Lipinski definition) is 3. The molecular formula is C15H14BrNO7S. The van der Waals surface area contributed by atoms with Crippen LogP contribution in [0.4, 0.5) is 5.69 Å². The Morgan fingerprint density at radius 3 is 2.24 bits per heavy atom. The minimum absolute atomic E-state index is 0.00387. The quantitative estimate of drug-likeness (QED) is 0.642. The number of rotatable bonds is 6. The van der Waals surface area contributed by atoms with Gasteiger partial charge in [0.15, 0.2) is 11.5 Å². The van der Waals surface area contributed by atoms with E-state index in [9.17, 15) is 18.3 Å². The summed E-state index contributed by atoms with van der Waals surface area (Å²) in [5.41, 5.74) is -0.334. The van der Waals surface area contributed by atoms with Gasteiger partial charge in [-0.05, 0) is 34.1 Å². The summed E-state index contributed by atoms with van der Waals surface area (Å²) in [7, 11) is -1.25. The maximum absolute atomic E-state index is 12.6. The van der Waals surface area contributed by atoms with Crippen molar-refractivity contribution in [2.75, 3.05) is 18.9 Å². The molecule has 3 N–H and O–H groups in total. The van der Waals surface area contributed by atoms with Gasteiger partial charge < -0.3 is 19.7 Å². The van der Waals surface area contributed by atoms with Crippen molar-refractivity contribution in [2.24, 2.45) is 0 Å². The van der Waals surface area contributed by atoms with Crippen LogP contribution in [0.5, 0.6) is 17.2 Å². The molecule has 2 aromatic carbocycles. The number of carboxylic acids is 1. The van der Waals surface area contributed by atoms with Crippen molar-refractivity contribution >= 4 is 37.6 Å². The van der Waals surface area contributed by atoms with Crippen molar-refractivity contribution in [1.82, 2.24) is 0 Å². The topological polar surface area (TPSA) is 122 Å². The standard InChI is InChI=1S/C15H14BrNO7S/c1-23-12-6-10(16)14(7-13(12)24-2)25(21,22)17-8-3-4-9(15(19)20)11(18)5-8/h3-7,17-18H,1-2H3,(H,19,20). The summed E-state index contributed by atoms with van der Waals surface area (Å²) >= 11 is 3.16. The third-order valence-corrected chi connectivity index (χ3v) is 5.55. The fourth-order valence-electron chi connectivity index (χ4n) is 2.03. The Morgan fingerprint density at radius 1 is 1.12 bits per heavy atom. The molecule has 0 aliphatic carbocycles. The molecule has 0 saturated carbocycles. The third kappa shape index (κ3) is 3.97. The third-order valence-electron chi connectivity index (χ3n) is 3.21. The van der Waals surface area contributed by atoms with Crippen molar-refractivity contribution in [2.45, 2.75) is 4.90 Å². The molecule has 10 heteroatoms. The van der Waals surface area contributed by atoms with Gasteiger partial charge in [-0.3, -0.25) is 4.72 Å². The zero-order valence-electron chi connectivity index (χ0n) is 13.1. The van der Waals surface area contributed by atoms with Crippen molar-refractivity contribution in [3.63, 3.8) is 0 Å². The van der Waals surface area contributed by atoms with Gasteiger partial charge in [0, 0.05) is 16.6 Å². The zero-order valence-corrected chi connectivity index (χ0v) is 15.5. The smallest absolute Gasteiger partial charge is 0.339 e. The van der Waals surface area contributed by atoms with Gasteiger partial charge in [0.1, 0.15) is 16.2 Å². The van der Waals surface area contributed by atoms with E-state index in [1.165, 1.54) is 32.4 Å². The first-order valence-corrected chi connectivity index (χ1v) is 8.98. The summed E-state index contributed by atoms with van der Waals surface area (Å²) in [4.78, 5) is 10.8. The highest BCUT2D eigenvalue weighted by molar-refractivity contribution is 9.10. The van der Waals surface area contributed by atoms with Crippen LogP contribution >= 0.6 is 15.9 Å². The molecule has 0 saturated heterocycles. The number of aromatic carboxylic acids is 1. The number of nitrogens with one attached hydrogen (secondary N) is 1. The van der Waals surface area contributed by atoms with Crippen molar-refractivity contribution < 1.29 is 32.9 Å². The molecule has 0 spiro atoms. The molecule has 0 heterocycles. The maximum atomic E-state index is 12.6. The van der Waals surface area contributed by atoms with E-state index in [2.05, 4.69) is 20.7 Å². The largest absolute Gasteiger partial charge is 0.507 e. The number of carboxylic acid groups (broad SMARTS) is 1. The van der Waals surface area contributed by atoms with Crippen molar-refractivity contribution in [3.8, 4) is 17.2 Å². The number of sulfonamides is 1. The average molecular weight is 432 g/mol. The molecule has 0 aliphatic rings. The minimum atomic E-state index is -4.04. The highest BCUT2D eigenvalue weighted by Crippen LogP contribution is 2.36. The van der Waals surface area contributed by atoms with E-state index in [1.54, 1.807) is 0 Å². The second-order valence-corrected chi connectivity index (χ2v) is 7.29. The SMILES string of the molecule is COc1cc(Br)c(S(=O)(=O)Nc2ccc(C(=O)O)c(O)c2)cc1OC. The number of phenols is 1. The van der Waals surface area contributed by atoms with Crippen LogP contribution in [-0.4, -0.2) is 38.8 Å². The summed E-state index contributed by atoms with van der Waals surface area (Å²) in [5, 5.41) is 18.6. The van der Waals surface area contributed by atoms with Gasteiger partial charge in [0.2, 0.25) is 0 Å². The van der Waals surface area contributed by atoms with Crippen LogP contribution in [0.25, 0.3) is 0 Å². The molecule has 25 heavy (non-hydrogen) atoms. The number of ether oxygens (including phenoxy) is 2. The molecule has 0 aromatic heterocycles. The van der Waals surface area contributed by atoms with E-state index in [1.807, 2.05) is 0 Å². The van der Waals surface area contributed by atoms with Gasteiger partial charge in [0.25, 0.3) is 10.0 Å². The van der Waals surface area contributed by atoms with Gasteiger partial charge in [-0.15, -0.1) is 0 Å². The maximum Gasteiger partial charge on any atom is 0.339 e. The number of halogens is 1. The number of methoxy groups -OCH3 is 2. The van der Waals surface area contributed by atoms with Gasteiger partial charge in [-0.2, -0.15) is 0 Å².